The molecule has 4 aromatic rings. The van der Waals surface area contributed by atoms with Crippen LogP contribution in [0.15, 0.2) is 54.7 Å². The Hall–Kier alpha value is -3.79. The van der Waals surface area contributed by atoms with E-state index in [1.165, 1.54) is 13.2 Å². The zero-order valence-corrected chi connectivity index (χ0v) is 21.3. The van der Waals surface area contributed by atoms with Gasteiger partial charge in [-0.15, -0.1) is 0 Å². The molecule has 1 saturated carbocycles. The number of fused-ring (bicyclic) bond motifs is 1. The molecule has 37 heavy (non-hydrogen) atoms. The molecule has 1 fully saturated rings. The van der Waals surface area contributed by atoms with Crippen molar-refractivity contribution in [1.82, 2.24) is 14.3 Å². The highest BCUT2D eigenvalue weighted by Gasteiger charge is 2.35. The standard InChI is InChI=1S/C27H25F2N3O4S/c1-15-11-20(15)16-7-9-23-21(12-16)24(19-5-4-10-30-27(19)36-2)25(26(33)31-37(3,34)35)32(23)14-17-6-8-18(28)13-22(17)29/h4-10,12-13,15,20H,11,14H2,1-3H3,(H,31,33). The summed E-state index contributed by atoms with van der Waals surface area (Å²) in [6, 6.07) is 12.4. The van der Waals surface area contributed by atoms with E-state index in [-0.39, 0.29) is 23.7 Å². The smallest absolute Gasteiger partial charge is 0.282 e. The summed E-state index contributed by atoms with van der Waals surface area (Å²) >= 11 is 0. The Balaban J connectivity index is 1.84. The predicted octanol–water partition coefficient (Wildman–Crippen LogP) is 4.85. The highest BCUT2D eigenvalue weighted by Crippen LogP contribution is 2.49. The van der Waals surface area contributed by atoms with Crippen molar-refractivity contribution in [3.05, 3.63) is 83.2 Å². The highest BCUT2D eigenvalue weighted by atomic mass is 32.2. The molecule has 2 aromatic heterocycles. The summed E-state index contributed by atoms with van der Waals surface area (Å²) < 4.78 is 61.5. The van der Waals surface area contributed by atoms with Gasteiger partial charge in [0.25, 0.3) is 5.91 Å². The van der Waals surface area contributed by atoms with E-state index in [9.17, 15) is 22.0 Å². The minimum Gasteiger partial charge on any atom is -0.481 e. The van der Waals surface area contributed by atoms with Gasteiger partial charge in [0.15, 0.2) is 0 Å². The lowest BCUT2D eigenvalue weighted by Gasteiger charge is -2.14. The molecule has 7 nitrogen and oxygen atoms in total. The van der Waals surface area contributed by atoms with Crippen molar-refractivity contribution in [3.63, 3.8) is 0 Å². The van der Waals surface area contributed by atoms with Crippen LogP contribution in [-0.2, 0) is 16.6 Å². The lowest BCUT2D eigenvalue weighted by atomic mass is 9.99. The molecule has 0 radical (unpaired) electrons. The number of amides is 1. The van der Waals surface area contributed by atoms with E-state index < -0.39 is 27.6 Å². The van der Waals surface area contributed by atoms with E-state index in [0.29, 0.717) is 33.9 Å². The SMILES string of the molecule is COc1ncccc1-c1c(C(=O)NS(C)(=O)=O)n(Cc2ccc(F)cc2F)c2ccc(C3CC3C)cc12. The number of carbonyl (C=O) groups is 1. The molecule has 5 rings (SSSR count). The molecule has 1 N–H and O–H groups in total. The Labute approximate surface area is 213 Å². The van der Waals surface area contributed by atoms with Gasteiger partial charge >= 0.3 is 0 Å². The monoisotopic (exact) mass is 525 g/mol. The molecule has 192 valence electrons. The summed E-state index contributed by atoms with van der Waals surface area (Å²) in [6.07, 6.45) is 3.47. The minimum atomic E-state index is -3.93. The average Bonchev–Trinajstić information content (AvgIpc) is 3.49. The molecule has 2 aromatic carbocycles. The van der Waals surface area contributed by atoms with Gasteiger partial charge < -0.3 is 9.30 Å². The fourth-order valence-corrected chi connectivity index (χ4v) is 5.28. The second kappa shape index (κ2) is 9.26. The largest absolute Gasteiger partial charge is 0.481 e. The van der Waals surface area contributed by atoms with Crippen molar-refractivity contribution < 1.29 is 26.7 Å². The number of nitrogens with zero attached hydrogens (tertiary/aromatic N) is 2. The number of pyridine rings is 1. The number of sulfonamides is 1. The van der Waals surface area contributed by atoms with Gasteiger partial charge in [0, 0.05) is 39.9 Å². The summed E-state index contributed by atoms with van der Waals surface area (Å²) in [5.41, 5.74) is 2.70. The van der Waals surface area contributed by atoms with Crippen molar-refractivity contribution in [1.29, 1.82) is 0 Å². The molecular formula is C27H25F2N3O4S. The van der Waals surface area contributed by atoms with Gasteiger partial charge in [0.1, 0.15) is 17.3 Å². The Morgan fingerprint density at radius 1 is 1.19 bits per heavy atom. The van der Waals surface area contributed by atoms with Crippen LogP contribution in [0.5, 0.6) is 5.88 Å². The van der Waals surface area contributed by atoms with Gasteiger partial charge in [-0.3, -0.25) is 4.79 Å². The average molecular weight is 526 g/mol. The van der Waals surface area contributed by atoms with Crippen molar-refractivity contribution in [2.45, 2.75) is 25.8 Å². The lowest BCUT2D eigenvalue weighted by Crippen LogP contribution is -2.31. The van der Waals surface area contributed by atoms with Crippen LogP contribution in [0.25, 0.3) is 22.0 Å². The van der Waals surface area contributed by atoms with Crippen LogP contribution < -0.4 is 9.46 Å². The third kappa shape index (κ3) is 4.81. The van der Waals surface area contributed by atoms with Crippen molar-refractivity contribution in [2.24, 2.45) is 5.92 Å². The van der Waals surface area contributed by atoms with Gasteiger partial charge in [0.2, 0.25) is 15.9 Å². The van der Waals surface area contributed by atoms with Gasteiger partial charge in [-0.2, -0.15) is 0 Å². The number of carbonyl (C=O) groups excluding carboxylic acids is 1. The second-order valence-corrected chi connectivity index (χ2v) is 11.2. The predicted molar refractivity (Wildman–Crippen MR) is 136 cm³/mol. The fraction of sp³-hybridized carbons (Fsp3) is 0.259. The van der Waals surface area contributed by atoms with E-state index >= 15 is 0 Å². The van der Waals surface area contributed by atoms with Crippen molar-refractivity contribution in [2.75, 3.05) is 13.4 Å². The first-order chi connectivity index (χ1) is 17.6. The van der Waals surface area contributed by atoms with Crippen LogP contribution in [0.2, 0.25) is 0 Å². The lowest BCUT2D eigenvalue weighted by molar-refractivity contribution is 0.0974. The van der Waals surface area contributed by atoms with Gasteiger partial charge in [-0.1, -0.05) is 19.1 Å². The summed E-state index contributed by atoms with van der Waals surface area (Å²) in [6.45, 7) is 2.02. The minimum absolute atomic E-state index is 0.00329. The highest BCUT2D eigenvalue weighted by molar-refractivity contribution is 7.89. The number of rotatable bonds is 7. The van der Waals surface area contributed by atoms with Crippen LogP contribution in [0.1, 0.15) is 40.9 Å². The Morgan fingerprint density at radius 3 is 2.59 bits per heavy atom. The van der Waals surface area contributed by atoms with Crippen LogP contribution in [0, 0.1) is 17.6 Å². The number of aromatic nitrogens is 2. The first-order valence-electron chi connectivity index (χ1n) is 11.7. The number of halogens is 2. The van der Waals surface area contributed by atoms with E-state index in [1.807, 2.05) is 22.9 Å². The quantitative estimate of drug-likeness (QED) is 0.373. The first-order valence-corrected chi connectivity index (χ1v) is 13.6. The summed E-state index contributed by atoms with van der Waals surface area (Å²) in [5, 5.41) is 0.670. The molecule has 1 aliphatic carbocycles. The molecular weight excluding hydrogens is 500 g/mol. The van der Waals surface area contributed by atoms with Gasteiger partial charge in [-0.25, -0.2) is 26.9 Å². The summed E-state index contributed by atoms with van der Waals surface area (Å²) in [5.74, 6) is -1.24. The van der Waals surface area contributed by atoms with Crippen LogP contribution in [0.4, 0.5) is 8.78 Å². The summed E-state index contributed by atoms with van der Waals surface area (Å²) in [7, 11) is -2.48. The van der Waals surface area contributed by atoms with E-state index in [1.54, 1.807) is 22.9 Å². The zero-order valence-electron chi connectivity index (χ0n) is 20.5. The molecule has 2 atom stereocenters. The normalized spacial score (nSPS) is 17.1. The number of nitrogens with one attached hydrogen (secondary N) is 1. The Morgan fingerprint density at radius 2 is 1.95 bits per heavy atom. The van der Waals surface area contributed by atoms with Crippen LogP contribution >= 0.6 is 0 Å². The third-order valence-corrected chi connectivity index (χ3v) is 7.25. The van der Waals surface area contributed by atoms with E-state index in [4.69, 9.17) is 4.74 Å². The maximum atomic E-state index is 14.7. The van der Waals surface area contributed by atoms with Gasteiger partial charge in [0.05, 0.1) is 19.9 Å². The zero-order chi connectivity index (χ0) is 26.5. The number of ether oxygens (including phenoxy) is 1. The molecule has 0 bridgehead atoms. The molecule has 0 spiro atoms. The Kier molecular flexibility index (Phi) is 6.23. The third-order valence-electron chi connectivity index (χ3n) is 6.70. The number of methoxy groups -OCH3 is 1. The van der Waals surface area contributed by atoms with E-state index in [0.717, 1.165) is 30.4 Å². The fourth-order valence-electron chi connectivity index (χ4n) is 4.84. The maximum absolute atomic E-state index is 14.7. The molecule has 1 aliphatic rings. The van der Waals surface area contributed by atoms with Crippen LogP contribution in [-0.4, -0.2) is 37.2 Å². The Bertz CT molecular complexity index is 1650. The van der Waals surface area contributed by atoms with Crippen molar-refractivity contribution in [3.8, 4) is 17.0 Å². The number of benzene rings is 2. The van der Waals surface area contributed by atoms with E-state index in [2.05, 4.69) is 11.9 Å². The second-order valence-electron chi connectivity index (χ2n) is 9.41. The van der Waals surface area contributed by atoms with Crippen molar-refractivity contribution >= 4 is 26.8 Å². The number of hydrogen-bond donors (Lipinski definition) is 1. The topological polar surface area (TPSA) is 90.3 Å². The maximum Gasteiger partial charge on any atom is 0.282 e. The molecule has 0 aliphatic heterocycles. The molecule has 0 saturated heterocycles. The first kappa shape index (κ1) is 24.9. The van der Waals surface area contributed by atoms with Crippen LogP contribution in [0.3, 0.4) is 0 Å². The molecule has 10 heteroatoms. The summed E-state index contributed by atoms with van der Waals surface area (Å²) in [4.78, 5) is 17.8. The molecule has 1 amide bonds. The molecule has 2 unspecified atom stereocenters. The molecule has 2 heterocycles. The van der Waals surface area contributed by atoms with Gasteiger partial charge in [-0.05, 0) is 54.2 Å². The number of hydrogen-bond acceptors (Lipinski definition) is 5.